The number of nitro groups is 1. The van der Waals surface area contributed by atoms with E-state index in [9.17, 15) is 10.1 Å². The fraction of sp³-hybridized carbons (Fsp3) is 0.357. The quantitative estimate of drug-likeness (QED) is 0.628. The predicted molar refractivity (Wildman–Crippen MR) is 84.5 cm³/mol. The van der Waals surface area contributed by atoms with Gasteiger partial charge >= 0.3 is 0 Å². The van der Waals surface area contributed by atoms with Gasteiger partial charge in [-0.1, -0.05) is 6.07 Å². The van der Waals surface area contributed by atoms with Gasteiger partial charge in [0.15, 0.2) is 0 Å². The van der Waals surface area contributed by atoms with Crippen LogP contribution in [0.3, 0.4) is 0 Å². The van der Waals surface area contributed by atoms with E-state index in [1.165, 1.54) is 0 Å². The van der Waals surface area contributed by atoms with Crippen molar-refractivity contribution in [1.29, 1.82) is 0 Å². The number of nitrogens with one attached hydrogen (secondary N) is 1. The van der Waals surface area contributed by atoms with Gasteiger partial charge in [-0.25, -0.2) is 4.98 Å². The minimum atomic E-state index is -0.360. The molecule has 2 rings (SSSR count). The third-order valence-electron chi connectivity index (χ3n) is 2.99. The molecular weight excluding hydrogens is 288 g/mol. The molecule has 0 saturated carbocycles. The van der Waals surface area contributed by atoms with Gasteiger partial charge in [0.1, 0.15) is 5.69 Å². The standard InChI is InChI=1S/C14H18N4O2S/c1-3-15-13-6-11(4-5-14(13)18(19)20)7-17(2)8-12-9-21-10-16-12/h4-6,9-10,15H,3,7-8H2,1-2H3. The minimum absolute atomic E-state index is 0.114. The normalized spacial score (nSPS) is 10.8. The molecule has 0 amide bonds. The molecule has 0 radical (unpaired) electrons. The Morgan fingerprint density at radius 3 is 2.86 bits per heavy atom. The SMILES string of the molecule is CCNc1cc(CN(C)Cc2cscn2)ccc1[N+](=O)[O-]. The van der Waals surface area contributed by atoms with Crippen molar-refractivity contribution in [3.8, 4) is 0 Å². The van der Waals surface area contributed by atoms with Gasteiger partial charge in [0.2, 0.25) is 0 Å². The molecule has 0 aliphatic rings. The molecule has 0 aliphatic heterocycles. The number of benzene rings is 1. The Balaban J connectivity index is 2.09. The zero-order valence-electron chi connectivity index (χ0n) is 12.1. The number of aromatic nitrogens is 1. The molecular formula is C14H18N4O2S. The Morgan fingerprint density at radius 1 is 1.43 bits per heavy atom. The molecule has 6 nitrogen and oxygen atoms in total. The second-order valence-electron chi connectivity index (χ2n) is 4.79. The Bertz CT molecular complexity index is 601. The summed E-state index contributed by atoms with van der Waals surface area (Å²) in [5, 5.41) is 16.1. The van der Waals surface area contributed by atoms with Gasteiger partial charge in [-0.05, 0) is 25.6 Å². The molecule has 1 aromatic carbocycles. The largest absolute Gasteiger partial charge is 0.380 e. The van der Waals surface area contributed by atoms with Gasteiger partial charge in [-0.2, -0.15) is 0 Å². The summed E-state index contributed by atoms with van der Waals surface area (Å²) in [7, 11) is 2.01. The zero-order valence-corrected chi connectivity index (χ0v) is 12.9. The number of rotatable bonds is 7. The number of hydrogen-bond acceptors (Lipinski definition) is 6. The van der Waals surface area contributed by atoms with E-state index in [4.69, 9.17) is 0 Å². The molecule has 2 aromatic rings. The van der Waals surface area contributed by atoms with Crippen molar-refractivity contribution in [2.45, 2.75) is 20.0 Å². The molecule has 0 atom stereocenters. The predicted octanol–water partition coefficient (Wildman–Crippen LogP) is 3.12. The topological polar surface area (TPSA) is 71.3 Å². The van der Waals surface area contributed by atoms with Crippen LogP contribution in [0.5, 0.6) is 0 Å². The van der Waals surface area contributed by atoms with Crippen LogP contribution in [-0.2, 0) is 13.1 Å². The Kier molecular flexibility index (Phi) is 5.24. The van der Waals surface area contributed by atoms with Gasteiger partial charge in [-0.15, -0.1) is 11.3 Å². The lowest BCUT2D eigenvalue weighted by atomic mass is 10.1. The van der Waals surface area contributed by atoms with E-state index < -0.39 is 0 Å². The molecule has 0 bridgehead atoms. The zero-order chi connectivity index (χ0) is 15.2. The molecule has 21 heavy (non-hydrogen) atoms. The van der Waals surface area contributed by atoms with Crippen molar-refractivity contribution in [3.05, 3.63) is 50.5 Å². The lowest BCUT2D eigenvalue weighted by Crippen LogP contribution is -2.17. The Morgan fingerprint density at radius 2 is 2.24 bits per heavy atom. The van der Waals surface area contributed by atoms with E-state index in [-0.39, 0.29) is 10.6 Å². The maximum absolute atomic E-state index is 11.0. The number of nitro benzene ring substituents is 1. The molecule has 7 heteroatoms. The van der Waals surface area contributed by atoms with E-state index >= 15 is 0 Å². The van der Waals surface area contributed by atoms with E-state index in [1.807, 2.05) is 30.9 Å². The van der Waals surface area contributed by atoms with Gasteiger partial charge in [0.05, 0.1) is 16.1 Å². The van der Waals surface area contributed by atoms with Gasteiger partial charge in [0, 0.05) is 31.1 Å². The number of hydrogen-bond donors (Lipinski definition) is 1. The van der Waals surface area contributed by atoms with Crippen LogP contribution in [0.4, 0.5) is 11.4 Å². The smallest absolute Gasteiger partial charge is 0.292 e. The monoisotopic (exact) mass is 306 g/mol. The summed E-state index contributed by atoms with van der Waals surface area (Å²) in [6.07, 6.45) is 0. The van der Waals surface area contributed by atoms with Crippen LogP contribution >= 0.6 is 11.3 Å². The third kappa shape index (κ3) is 4.24. The van der Waals surface area contributed by atoms with Crippen molar-refractivity contribution in [3.63, 3.8) is 0 Å². The highest BCUT2D eigenvalue weighted by Crippen LogP contribution is 2.26. The highest BCUT2D eigenvalue weighted by Gasteiger charge is 2.14. The molecule has 112 valence electrons. The molecule has 0 unspecified atom stereocenters. The van der Waals surface area contributed by atoms with E-state index in [0.29, 0.717) is 18.8 Å². The lowest BCUT2D eigenvalue weighted by molar-refractivity contribution is -0.384. The molecule has 1 N–H and O–H groups in total. The summed E-state index contributed by atoms with van der Waals surface area (Å²) in [5.41, 5.74) is 4.58. The third-order valence-corrected chi connectivity index (χ3v) is 3.63. The second-order valence-corrected chi connectivity index (χ2v) is 5.51. The highest BCUT2D eigenvalue weighted by molar-refractivity contribution is 7.07. The fourth-order valence-electron chi connectivity index (χ4n) is 2.13. The van der Waals surface area contributed by atoms with Crippen molar-refractivity contribution >= 4 is 22.7 Å². The summed E-state index contributed by atoms with van der Waals surface area (Å²) >= 11 is 1.58. The first kappa shape index (κ1) is 15.4. The van der Waals surface area contributed by atoms with E-state index in [0.717, 1.165) is 17.8 Å². The van der Waals surface area contributed by atoms with Crippen LogP contribution in [-0.4, -0.2) is 28.4 Å². The summed E-state index contributed by atoms with van der Waals surface area (Å²) in [6, 6.07) is 5.21. The first-order valence-corrected chi connectivity index (χ1v) is 7.61. The minimum Gasteiger partial charge on any atom is -0.380 e. The summed E-state index contributed by atoms with van der Waals surface area (Å²) in [6.45, 7) is 4.05. The van der Waals surface area contributed by atoms with Gasteiger partial charge in [0.25, 0.3) is 5.69 Å². The maximum atomic E-state index is 11.0. The fourth-order valence-corrected chi connectivity index (χ4v) is 2.68. The van der Waals surface area contributed by atoms with Crippen LogP contribution < -0.4 is 5.32 Å². The van der Waals surface area contributed by atoms with Crippen molar-refractivity contribution in [2.24, 2.45) is 0 Å². The average molecular weight is 306 g/mol. The van der Waals surface area contributed by atoms with Gasteiger partial charge < -0.3 is 5.32 Å². The number of nitrogens with zero attached hydrogens (tertiary/aromatic N) is 3. The summed E-state index contributed by atoms with van der Waals surface area (Å²) < 4.78 is 0. The summed E-state index contributed by atoms with van der Waals surface area (Å²) in [4.78, 5) is 17.0. The van der Waals surface area contributed by atoms with Gasteiger partial charge in [-0.3, -0.25) is 15.0 Å². The Labute approximate surface area is 127 Å². The Hall–Kier alpha value is -1.99. The summed E-state index contributed by atoms with van der Waals surface area (Å²) in [5.74, 6) is 0. The maximum Gasteiger partial charge on any atom is 0.292 e. The van der Waals surface area contributed by atoms with Crippen molar-refractivity contribution in [2.75, 3.05) is 18.9 Å². The molecule has 1 aromatic heterocycles. The van der Waals surface area contributed by atoms with Crippen LogP contribution in [0.25, 0.3) is 0 Å². The van der Waals surface area contributed by atoms with Crippen molar-refractivity contribution in [1.82, 2.24) is 9.88 Å². The van der Waals surface area contributed by atoms with Crippen molar-refractivity contribution < 1.29 is 4.92 Å². The molecule has 1 heterocycles. The molecule has 0 fully saturated rings. The highest BCUT2D eigenvalue weighted by atomic mass is 32.1. The van der Waals surface area contributed by atoms with Crippen LogP contribution in [0.15, 0.2) is 29.1 Å². The molecule has 0 saturated heterocycles. The van der Waals surface area contributed by atoms with Crippen LogP contribution in [0.1, 0.15) is 18.2 Å². The van der Waals surface area contributed by atoms with Crippen LogP contribution in [0.2, 0.25) is 0 Å². The van der Waals surface area contributed by atoms with E-state index in [1.54, 1.807) is 23.5 Å². The average Bonchev–Trinajstić information content (AvgIpc) is 2.91. The lowest BCUT2D eigenvalue weighted by Gasteiger charge is -2.16. The van der Waals surface area contributed by atoms with E-state index in [2.05, 4.69) is 15.2 Å². The molecule has 0 aliphatic carbocycles. The molecule has 0 spiro atoms. The van der Waals surface area contributed by atoms with Crippen LogP contribution in [0, 0.1) is 10.1 Å². The first-order chi connectivity index (χ1) is 10.1. The second kappa shape index (κ2) is 7.14. The number of anilines is 1. The number of thiazole rings is 1. The first-order valence-electron chi connectivity index (χ1n) is 6.67.